The van der Waals surface area contributed by atoms with E-state index in [0.717, 1.165) is 0 Å². The smallest absolute Gasteiger partial charge is 0.278 e. The fraction of sp³-hybridized carbons (Fsp3) is 0.0714. The lowest BCUT2D eigenvalue weighted by molar-refractivity contribution is -0.394. The van der Waals surface area contributed by atoms with Gasteiger partial charge < -0.3 is 0 Å². The molecule has 0 saturated carbocycles. The minimum Gasteiger partial charge on any atom is -0.278 e. The highest BCUT2D eigenvalue weighted by atomic mass is 19.4. The maximum absolute atomic E-state index is 13.9. The summed E-state index contributed by atoms with van der Waals surface area (Å²) in [5.74, 6) is -2.60. The third-order valence-electron chi connectivity index (χ3n) is 3.30. The van der Waals surface area contributed by atoms with Gasteiger partial charge in [-0.25, -0.2) is 8.78 Å². The van der Waals surface area contributed by atoms with Gasteiger partial charge in [-0.3, -0.25) is 29.9 Å². The number of rotatable bonds is 5. The summed E-state index contributed by atoms with van der Waals surface area (Å²) in [4.78, 5) is 30.6. The zero-order valence-electron chi connectivity index (χ0n) is 12.7. The van der Waals surface area contributed by atoms with Crippen LogP contribution in [0, 0.1) is 31.9 Å². The van der Waals surface area contributed by atoms with Crippen LogP contribution in [0.25, 0.3) is 0 Å². The van der Waals surface area contributed by atoms with Crippen LogP contribution >= 0.6 is 0 Å². The summed E-state index contributed by atoms with van der Waals surface area (Å²) in [7, 11) is 0. The minimum atomic E-state index is -5.37. The first kappa shape index (κ1) is 19.7. The molecule has 0 aliphatic rings. The van der Waals surface area contributed by atoms with Crippen LogP contribution in [-0.4, -0.2) is 16.3 Å². The predicted octanol–water partition coefficient (Wildman–Crippen LogP) is 4.09. The first-order valence-corrected chi connectivity index (χ1v) is 6.71. The van der Waals surface area contributed by atoms with Gasteiger partial charge in [0.05, 0.1) is 27.2 Å². The lowest BCUT2D eigenvalue weighted by Crippen LogP contribution is -2.22. The Bertz CT molecular complexity index is 947. The van der Waals surface area contributed by atoms with Gasteiger partial charge in [0, 0.05) is 12.1 Å². The van der Waals surface area contributed by atoms with Gasteiger partial charge in [0.2, 0.25) is 6.41 Å². The Kier molecular flexibility index (Phi) is 5.05. The quantitative estimate of drug-likeness (QED) is 0.330. The van der Waals surface area contributed by atoms with E-state index in [1.54, 1.807) is 0 Å². The second-order valence-electron chi connectivity index (χ2n) is 4.94. The summed E-state index contributed by atoms with van der Waals surface area (Å²) in [5, 5.41) is 22.0. The highest BCUT2D eigenvalue weighted by molar-refractivity contribution is 5.93. The standard InChI is InChI=1S/C14H6F5N3O5/c15-7-1-2-11(10(16)3-7)20(6-23)13-9(14(17,18)19)4-8(21(24)25)5-12(13)22(26)27/h1-6H. The number of nitrogens with zero attached hydrogens (tertiary/aromatic N) is 3. The Labute approximate surface area is 145 Å². The number of nitro groups is 2. The summed E-state index contributed by atoms with van der Waals surface area (Å²) in [6.07, 6.45) is -5.73. The number of carbonyl (C=O) groups excluding carboxylic acids is 1. The fourth-order valence-corrected chi connectivity index (χ4v) is 2.22. The molecule has 0 N–H and O–H groups in total. The van der Waals surface area contributed by atoms with E-state index in [4.69, 9.17) is 0 Å². The number of hydrogen-bond acceptors (Lipinski definition) is 5. The zero-order valence-corrected chi connectivity index (χ0v) is 12.7. The van der Waals surface area contributed by atoms with Crippen molar-refractivity contribution in [2.24, 2.45) is 0 Å². The van der Waals surface area contributed by atoms with Gasteiger partial charge in [-0.2, -0.15) is 13.2 Å². The molecule has 0 aromatic heterocycles. The van der Waals surface area contributed by atoms with Gasteiger partial charge in [0.25, 0.3) is 5.69 Å². The van der Waals surface area contributed by atoms with E-state index < -0.39 is 56.0 Å². The molecule has 27 heavy (non-hydrogen) atoms. The van der Waals surface area contributed by atoms with Crippen LogP contribution in [0.4, 0.5) is 44.7 Å². The summed E-state index contributed by atoms with van der Waals surface area (Å²) in [5.41, 5.74) is -7.01. The van der Waals surface area contributed by atoms with Crippen molar-refractivity contribution >= 4 is 29.2 Å². The Hall–Kier alpha value is -3.64. The number of nitro benzene ring substituents is 2. The molecule has 0 bridgehead atoms. The number of anilines is 2. The van der Waals surface area contributed by atoms with Crippen LogP contribution < -0.4 is 4.90 Å². The van der Waals surface area contributed by atoms with Gasteiger partial charge in [-0.15, -0.1) is 0 Å². The van der Waals surface area contributed by atoms with E-state index in [2.05, 4.69) is 0 Å². The zero-order chi connectivity index (χ0) is 20.5. The average Bonchev–Trinajstić information content (AvgIpc) is 2.55. The van der Waals surface area contributed by atoms with E-state index in [0.29, 0.717) is 12.1 Å². The van der Waals surface area contributed by atoms with E-state index in [1.807, 2.05) is 0 Å². The molecule has 0 heterocycles. The summed E-state index contributed by atoms with van der Waals surface area (Å²) in [6.45, 7) is 0. The molecule has 0 spiro atoms. The van der Waals surface area contributed by atoms with Gasteiger partial charge in [0.15, 0.2) is 0 Å². The second kappa shape index (κ2) is 6.93. The first-order chi connectivity index (χ1) is 12.5. The molecule has 0 atom stereocenters. The van der Waals surface area contributed by atoms with Crippen LogP contribution in [-0.2, 0) is 11.0 Å². The molecule has 2 aromatic carbocycles. The Balaban J connectivity index is 2.92. The molecule has 13 heteroatoms. The number of benzene rings is 2. The largest absolute Gasteiger partial charge is 0.418 e. The molecule has 0 fully saturated rings. The minimum absolute atomic E-state index is 0.0275. The number of non-ortho nitro benzene ring substituents is 1. The number of alkyl halides is 3. The molecule has 8 nitrogen and oxygen atoms in total. The third kappa shape index (κ3) is 3.80. The third-order valence-corrected chi connectivity index (χ3v) is 3.30. The van der Waals surface area contributed by atoms with Crippen LogP contribution in [0.3, 0.4) is 0 Å². The van der Waals surface area contributed by atoms with Crippen molar-refractivity contribution in [3.8, 4) is 0 Å². The predicted molar refractivity (Wildman–Crippen MR) is 79.3 cm³/mol. The molecule has 2 aromatic rings. The van der Waals surface area contributed by atoms with Crippen LogP contribution in [0.2, 0.25) is 0 Å². The molecule has 1 amide bonds. The number of carbonyl (C=O) groups is 1. The SMILES string of the molecule is O=CN(c1ccc(F)cc1F)c1c([N+](=O)[O-])cc([N+](=O)[O-])cc1C(F)(F)F. The molecule has 0 radical (unpaired) electrons. The first-order valence-electron chi connectivity index (χ1n) is 6.71. The van der Waals surface area contributed by atoms with Crippen molar-refractivity contribution in [3.05, 3.63) is 67.8 Å². The van der Waals surface area contributed by atoms with Crippen molar-refractivity contribution < 1.29 is 36.6 Å². The summed E-state index contributed by atoms with van der Waals surface area (Å²) < 4.78 is 67.1. The highest BCUT2D eigenvalue weighted by Crippen LogP contribution is 2.46. The summed E-state index contributed by atoms with van der Waals surface area (Å²) >= 11 is 0. The molecule has 0 aliphatic carbocycles. The molecule has 142 valence electrons. The van der Waals surface area contributed by atoms with E-state index in [1.165, 1.54) is 0 Å². The lowest BCUT2D eigenvalue weighted by atomic mass is 10.1. The number of halogens is 5. The van der Waals surface area contributed by atoms with Crippen molar-refractivity contribution in [1.82, 2.24) is 0 Å². The maximum atomic E-state index is 13.9. The molecule has 0 aliphatic heterocycles. The average molecular weight is 391 g/mol. The van der Waals surface area contributed by atoms with Crippen molar-refractivity contribution in [2.75, 3.05) is 4.90 Å². The van der Waals surface area contributed by atoms with E-state index >= 15 is 0 Å². The van der Waals surface area contributed by atoms with Crippen LogP contribution in [0.5, 0.6) is 0 Å². The lowest BCUT2D eigenvalue weighted by Gasteiger charge is -2.22. The van der Waals surface area contributed by atoms with E-state index in [9.17, 15) is 47.0 Å². The van der Waals surface area contributed by atoms with Crippen LogP contribution in [0.1, 0.15) is 5.56 Å². The Morgan fingerprint density at radius 1 is 1.00 bits per heavy atom. The molecular weight excluding hydrogens is 385 g/mol. The molecular formula is C14H6F5N3O5. The normalized spacial score (nSPS) is 11.1. The van der Waals surface area contributed by atoms with Gasteiger partial charge >= 0.3 is 11.9 Å². The number of hydrogen-bond donors (Lipinski definition) is 0. The molecule has 0 unspecified atom stereocenters. The fourth-order valence-electron chi connectivity index (χ4n) is 2.22. The van der Waals surface area contributed by atoms with Crippen molar-refractivity contribution in [3.63, 3.8) is 0 Å². The Morgan fingerprint density at radius 2 is 1.63 bits per heavy atom. The molecule has 2 rings (SSSR count). The van der Waals surface area contributed by atoms with Gasteiger partial charge in [-0.1, -0.05) is 0 Å². The van der Waals surface area contributed by atoms with Gasteiger partial charge in [-0.05, 0) is 12.1 Å². The second-order valence-corrected chi connectivity index (χ2v) is 4.94. The van der Waals surface area contributed by atoms with Crippen LogP contribution in [0.15, 0.2) is 30.3 Å². The number of amides is 1. The van der Waals surface area contributed by atoms with Gasteiger partial charge in [0.1, 0.15) is 17.3 Å². The van der Waals surface area contributed by atoms with Crippen molar-refractivity contribution in [1.29, 1.82) is 0 Å². The monoisotopic (exact) mass is 391 g/mol. The Morgan fingerprint density at radius 3 is 2.07 bits per heavy atom. The maximum Gasteiger partial charge on any atom is 0.418 e. The van der Waals surface area contributed by atoms with Crippen molar-refractivity contribution in [2.45, 2.75) is 6.18 Å². The topological polar surface area (TPSA) is 107 Å². The summed E-state index contributed by atoms with van der Waals surface area (Å²) in [6, 6.07) is 1.61. The van der Waals surface area contributed by atoms with E-state index in [-0.39, 0.29) is 29.5 Å². The highest BCUT2D eigenvalue weighted by Gasteiger charge is 2.42. The molecule has 0 saturated heterocycles.